The lowest BCUT2D eigenvalue weighted by molar-refractivity contribution is -0.154. The molecule has 7 rings (SSSR count). The van der Waals surface area contributed by atoms with Crippen molar-refractivity contribution in [3.63, 3.8) is 0 Å². The summed E-state index contributed by atoms with van der Waals surface area (Å²) >= 11 is 3.56. The van der Waals surface area contributed by atoms with Crippen LogP contribution in [0.15, 0.2) is 64.1 Å². The summed E-state index contributed by atoms with van der Waals surface area (Å²) < 4.78 is 2.49. The van der Waals surface area contributed by atoms with Gasteiger partial charge in [-0.25, -0.2) is 9.48 Å². The number of aryl methyl sites for hydroxylation is 1. The van der Waals surface area contributed by atoms with Crippen LogP contribution in [0.4, 0.5) is 0 Å². The first-order valence-electron chi connectivity index (χ1n) is 17.0. The van der Waals surface area contributed by atoms with Crippen LogP contribution in [-0.4, -0.2) is 77.5 Å². The van der Waals surface area contributed by atoms with Crippen LogP contribution in [0.2, 0.25) is 0 Å². The predicted octanol–water partition coefficient (Wildman–Crippen LogP) is 5.35. The first kappa shape index (κ1) is 35.4. The molecule has 1 aliphatic carbocycles. The van der Waals surface area contributed by atoms with Crippen LogP contribution in [-0.2, 0) is 23.5 Å². The number of aromatic amines is 1. The largest absolute Gasteiger partial charge is 0.506 e. The fraction of sp³-hybridized carbons (Fsp3) is 0.389. The van der Waals surface area contributed by atoms with Crippen molar-refractivity contribution in [2.45, 2.75) is 68.9 Å². The fourth-order valence-corrected chi connectivity index (χ4v) is 10.2. The van der Waals surface area contributed by atoms with Crippen LogP contribution >= 0.6 is 34.0 Å². The Morgan fingerprint density at radius 3 is 2.73 bits per heavy atom. The van der Waals surface area contributed by atoms with Gasteiger partial charge in [-0.1, -0.05) is 34.7 Å². The second kappa shape index (κ2) is 14.9. The van der Waals surface area contributed by atoms with Crippen LogP contribution in [0.25, 0.3) is 21.3 Å². The summed E-state index contributed by atoms with van der Waals surface area (Å²) in [5.74, 6) is -1.04. The molecule has 6 N–H and O–H groups in total. The summed E-state index contributed by atoms with van der Waals surface area (Å²) in [5, 5.41) is 58.1. The molecule has 2 aromatic carbocycles. The first-order valence-corrected chi connectivity index (χ1v) is 19.5. The van der Waals surface area contributed by atoms with Crippen molar-refractivity contribution < 1.29 is 25.2 Å². The number of phenolic OH excluding ortho intramolecular Hbond substituents is 1. The highest BCUT2D eigenvalue weighted by Gasteiger charge is 2.45. The lowest BCUT2D eigenvalue weighted by Crippen LogP contribution is -2.38. The molecule has 1 fully saturated rings. The van der Waals surface area contributed by atoms with Crippen molar-refractivity contribution in [1.29, 1.82) is 0 Å². The summed E-state index contributed by atoms with van der Waals surface area (Å²) in [6.07, 6.45) is 3.96. The van der Waals surface area contributed by atoms with E-state index in [0.717, 1.165) is 78.7 Å². The van der Waals surface area contributed by atoms with E-state index in [2.05, 4.69) is 32.6 Å². The lowest BCUT2D eigenvalue weighted by Gasteiger charge is -2.35. The molecule has 0 spiro atoms. The van der Waals surface area contributed by atoms with E-state index in [9.17, 15) is 30.0 Å². The first-order chi connectivity index (χ1) is 24.6. The number of nitrogens with zero attached hydrogens (tertiary/aromatic N) is 4. The quantitative estimate of drug-likeness (QED) is 0.0851. The SMILES string of the molecule is CN(CCCn1nnc2cc(CNC[C@H](O)c3ccc(O)c4[nH]c(=O)sc34)ccc21)C1CCC(c2ccsc2C(O)(C(=O)O)c2cccs2)CC1. The Morgan fingerprint density at radius 1 is 1.14 bits per heavy atom. The Kier molecular flexibility index (Phi) is 10.4. The van der Waals surface area contributed by atoms with E-state index < -0.39 is 17.7 Å². The number of hydrogen-bond acceptors (Lipinski definition) is 12. The van der Waals surface area contributed by atoms with Crippen LogP contribution in [0.5, 0.6) is 5.75 Å². The number of carboxylic acids is 1. The zero-order valence-corrected chi connectivity index (χ0v) is 30.4. The summed E-state index contributed by atoms with van der Waals surface area (Å²) in [4.78, 5) is 29.9. The maximum absolute atomic E-state index is 12.3. The van der Waals surface area contributed by atoms with Gasteiger partial charge in [0.2, 0.25) is 5.60 Å². The number of hydrogen-bond donors (Lipinski definition) is 6. The summed E-state index contributed by atoms with van der Waals surface area (Å²) in [6.45, 7) is 2.43. The van der Waals surface area contributed by atoms with Gasteiger partial charge in [0.15, 0.2) is 0 Å². The number of carboxylic acid groups (broad SMARTS) is 1. The van der Waals surface area contributed by atoms with Crippen LogP contribution < -0.4 is 10.2 Å². The number of thiophene rings is 2. The maximum atomic E-state index is 12.3. The van der Waals surface area contributed by atoms with E-state index in [1.807, 2.05) is 34.3 Å². The van der Waals surface area contributed by atoms with Gasteiger partial charge in [0.25, 0.3) is 0 Å². The molecule has 2 atom stereocenters. The van der Waals surface area contributed by atoms with Gasteiger partial charge in [0, 0.05) is 31.2 Å². The standard InChI is InChI=1S/C36H40N6O6S3/c1-41(23-8-6-22(7-9-23)24-13-17-50-33(24)36(48,34(45)46)30-4-2-16-49-30)14-3-15-42-27-11-5-21(18-26(27)39-40-42)19-37-20-29(44)25-10-12-28(43)31-32(25)51-35(47)38-31/h2,4-5,10-13,16-18,22-23,29,37,43-44,48H,3,6-9,14-15,19-20H2,1H3,(H,38,47)(H,45,46)/t22?,23?,29-,36?/m0/s1. The summed E-state index contributed by atoms with van der Waals surface area (Å²) in [5.41, 5.74) is 2.65. The van der Waals surface area contributed by atoms with Gasteiger partial charge in [0.05, 0.1) is 26.1 Å². The fourth-order valence-electron chi connectivity index (χ4n) is 7.27. The average molecular weight is 749 g/mol. The number of aliphatic carboxylic acids is 1. The zero-order chi connectivity index (χ0) is 35.7. The van der Waals surface area contributed by atoms with Gasteiger partial charge in [-0.15, -0.1) is 27.8 Å². The number of rotatable bonds is 14. The van der Waals surface area contributed by atoms with Gasteiger partial charge in [-0.3, -0.25) is 4.79 Å². The van der Waals surface area contributed by atoms with E-state index in [4.69, 9.17) is 0 Å². The highest BCUT2D eigenvalue weighted by molar-refractivity contribution is 7.16. The molecule has 0 radical (unpaired) electrons. The van der Waals surface area contributed by atoms with Crippen LogP contribution in [0.3, 0.4) is 0 Å². The number of phenols is 1. The molecule has 1 saturated carbocycles. The molecule has 4 heterocycles. The third-order valence-corrected chi connectivity index (χ3v) is 13.0. The number of aliphatic hydroxyl groups excluding tert-OH is 1. The van der Waals surface area contributed by atoms with Crippen molar-refractivity contribution in [1.82, 2.24) is 30.2 Å². The Hall–Kier alpha value is -3.96. The number of aliphatic hydroxyl groups is 2. The Balaban J connectivity index is 0.887. The van der Waals surface area contributed by atoms with Crippen molar-refractivity contribution >= 4 is 61.2 Å². The Bertz CT molecular complexity index is 2180. The van der Waals surface area contributed by atoms with Gasteiger partial charge < -0.3 is 35.6 Å². The van der Waals surface area contributed by atoms with Gasteiger partial charge in [-0.2, -0.15) is 0 Å². The van der Waals surface area contributed by atoms with Crippen molar-refractivity contribution in [2.75, 3.05) is 20.1 Å². The number of fused-ring (bicyclic) bond motifs is 2. The molecule has 0 bridgehead atoms. The molecule has 268 valence electrons. The molecule has 0 amide bonds. The van der Waals surface area contributed by atoms with E-state index in [1.54, 1.807) is 23.6 Å². The Morgan fingerprint density at radius 2 is 1.96 bits per heavy atom. The van der Waals surface area contributed by atoms with Crippen molar-refractivity contribution in [3.05, 3.63) is 95.4 Å². The minimum absolute atomic E-state index is 0.0188. The minimum atomic E-state index is -2.02. The van der Waals surface area contributed by atoms with E-state index in [0.29, 0.717) is 38.1 Å². The van der Waals surface area contributed by atoms with Crippen LogP contribution in [0.1, 0.15) is 70.6 Å². The second-order valence-corrected chi connectivity index (χ2v) is 16.1. The van der Waals surface area contributed by atoms with Gasteiger partial charge >= 0.3 is 10.8 Å². The molecule has 51 heavy (non-hydrogen) atoms. The summed E-state index contributed by atoms with van der Waals surface area (Å²) in [6, 6.07) is 15.1. The molecule has 12 nitrogen and oxygen atoms in total. The van der Waals surface area contributed by atoms with Crippen LogP contribution in [0, 0.1) is 0 Å². The molecule has 0 saturated heterocycles. The monoisotopic (exact) mass is 748 g/mol. The third kappa shape index (κ3) is 7.11. The molecule has 0 aliphatic heterocycles. The Labute approximate surface area is 305 Å². The molecule has 4 aromatic heterocycles. The van der Waals surface area contributed by atoms with Crippen molar-refractivity contribution in [3.8, 4) is 5.75 Å². The third-order valence-electron chi connectivity index (χ3n) is 10.0. The number of thiazole rings is 1. The van der Waals surface area contributed by atoms with E-state index in [1.165, 1.54) is 28.7 Å². The number of carbonyl (C=O) groups is 1. The number of aromatic hydroxyl groups is 1. The lowest BCUT2D eigenvalue weighted by atomic mass is 9.79. The molecular weight excluding hydrogens is 709 g/mol. The zero-order valence-electron chi connectivity index (χ0n) is 28.0. The number of nitrogens with one attached hydrogen (secondary N) is 2. The number of H-pyrrole nitrogens is 1. The summed E-state index contributed by atoms with van der Waals surface area (Å²) in [7, 11) is 2.17. The topological polar surface area (TPSA) is 177 Å². The average Bonchev–Trinajstić information content (AvgIpc) is 3.95. The molecule has 6 aromatic rings. The van der Waals surface area contributed by atoms with Gasteiger partial charge in [-0.05, 0) is 104 Å². The minimum Gasteiger partial charge on any atom is -0.506 e. The molecular formula is C36H40N6O6S3. The molecule has 1 aliphatic rings. The smallest absolute Gasteiger partial charge is 0.347 e. The second-order valence-electron chi connectivity index (χ2n) is 13.2. The normalized spacial score (nSPS) is 18.4. The predicted molar refractivity (Wildman–Crippen MR) is 200 cm³/mol. The highest BCUT2D eigenvalue weighted by atomic mass is 32.1. The molecule has 15 heteroatoms. The maximum Gasteiger partial charge on any atom is 0.347 e. The highest BCUT2D eigenvalue weighted by Crippen LogP contribution is 2.44. The van der Waals surface area contributed by atoms with Crippen molar-refractivity contribution in [2.24, 2.45) is 0 Å². The van der Waals surface area contributed by atoms with E-state index in [-0.39, 0.29) is 23.1 Å². The number of benzene rings is 2. The van der Waals surface area contributed by atoms with E-state index >= 15 is 0 Å². The number of aromatic nitrogens is 4. The molecule has 1 unspecified atom stereocenters. The van der Waals surface area contributed by atoms with Gasteiger partial charge in [0.1, 0.15) is 16.8 Å².